The lowest BCUT2D eigenvalue weighted by molar-refractivity contribution is 0.586. The first-order valence-corrected chi connectivity index (χ1v) is 9.95. The molecule has 23 heavy (non-hydrogen) atoms. The first kappa shape index (κ1) is 20.5. The average Bonchev–Trinajstić information content (AvgIpc) is 2.64. The van der Waals surface area contributed by atoms with Crippen molar-refractivity contribution in [2.45, 2.75) is 103 Å². The van der Waals surface area contributed by atoms with E-state index >= 15 is 0 Å². The molecule has 2 nitrogen and oxygen atoms in total. The summed E-state index contributed by atoms with van der Waals surface area (Å²) in [6, 6.07) is 0. The molecular formula is C20H37ClN2. The third-order valence-electron chi connectivity index (χ3n) is 5.08. The quantitative estimate of drug-likeness (QED) is 0.575. The molecule has 0 fully saturated rings. The first-order valence-electron chi connectivity index (χ1n) is 9.95. The fraction of sp³-hybridized carbons (Fsp3) is 0.850. The minimum absolute atomic E-state index is 0. The monoisotopic (exact) mass is 340 g/mol. The fourth-order valence-corrected chi connectivity index (χ4v) is 3.63. The van der Waals surface area contributed by atoms with Crippen LogP contribution in [-0.2, 0) is 0 Å². The van der Waals surface area contributed by atoms with Crippen molar-refractivity contribution in [2.75, 3.05) is 6.54 Å². The Morgan fingerprint density at radius 1 is 0.652 bits per heavy atom. The normalized spacial score (nSPS) is 23.0. The van der Waals surface area contributed by atoms with Gasteiger partial charge in [0, 0.05) is 6.54 Å². The molecule has 0 aromatic heterocycles. The Hall–Kier alpha value is -0.500. The molecule has 0 amide bonds. The van der Waals surface area contributed by atoms with Gasteiger partial charge >= 0.3 is 0 Å². The zero-order valence-electron chi connectivity index (χ0n) is 15.0. The van der Waals surface area contributed by atoms with Crippen LogP contribution in [0.1, 0.15) is 103 Å². The van der Waals surface area contributed by atoms with Crippen molar-refractivity contribution in [3.8, 4) is 0 Å². The second-order valence-corrected chi connectivity index (χ2v) is 7.08. The highest BCUT2D eigenvalue weighted by Crippen LogP contribution is 2.20. The number of nitrogens with zero attached hydrogens (tertiary/aromatic N) is 1. The number of nitrogens with one attached hydrogen (secondary N) is 1. The van der Waals surface area contributed by atoms with E-state index in [1.165, 1.54) is 108 Å². The highest BCUT2D eigenvalue weighted by Gasteiger charge is 2.09. The minimum atomic E-state index is 0. The van der Waals surface area contributed by atoms with Gasteiger partial charge in [-0.15, -0.1) is 12.4 Å². The SMILES string of the molecule is C1=C(C2=NNCCCCCCCC2)CCCCCCCCC1.Cl. The lowest BCUT2D eigenvalue weighted by atomic mass is 9.97. The molecule has 0 aromatic rings. The minimum Gasteiger partial charge on any atom is -0.310 e. The number of rotatable bonds is 1. The Labute approximate surface area is 150 Å². The van der Waals surface area contributed by atoms with Crippen molar-refractivity contribution >= 4 is 18.1 Å². The molecule has 0 radical (unpaired) electrons. The molecular weight excluding hydrogens is 304 g/mol. The lowest BCUT2D eigenvalue weighted by Crippen LogP contribution is -2.14. The summed E-state index contributed by atoms with van der Waals surface area (Å²) >= 11 is 0. The van der Waals surface area contributed by atoms with Crippen LogP contribution in [0.15, 0.2) is 16.8 Å². The van der Waals surface area contributed by atoms with E-state index in [0.29, 0.717) is 0 Å². The second-order valence-electron chi connectivity index (χ2n) is 7.08. The maximum absolute atomic E-state index is 4.80. The van der Waals surface area contributed by atoms with E-state index in [4.69, 9.17) is 5.10 Å². The zero-order valence-corrected chi connectivity index (χ0v) is 15.8. The summed E-state index contributed by atoms with van der Waals surface area (Å²) in [5.41, 5.74) is 6.29. The number of hydrogen-bond donors (Lipinski definition) is 1. The van der Waals surface area contributed by atoms with Crippen LogP contribution in [0.2, 0.25) is 0 Å². The Morgan fingerprint density at radius 3 is 1.96 bits per heavy atom. The zero-order chi connectivity index (χ0) is 15.3. The third kappa shape index (κ3) is 9.39. The van der Waals surface area contributed by atoms with Gasteiger partial charge in [-0.05, 0) is 50.5 Å². The highest BCUT2D eigenvalue weighted by molar-refractivity contribution is 5.99. The summed E-state index contributed by atoms with van der Waals surface area (Å²) in [6.07, 6.45) is 24.2. The van der Waals surface area contributed by atoms with Crippen LogP contribution >= 0.6 is 12.4 Å². The van der Waals surface area contributed by atoms with Crippen molar-refractivity contribution in [1.82, 2.24) is 5.43 Å². The van der Waals surface area contributed by atoms with Crippen molar-refractivity contribution < 1.29 is 0 Å². The van der Waals surface area contributed by atoms with Crippen molar-refractivity contribution in [3.63, 3.8) is 0 Å². The van der Waals surface area contributed by atoms with E-state index in [-0.39, 0.29) is 12.4 Å². The van der Waals surface area contributed by atoms with Gasteiger partial charge in [0.25, 0.3) is 0 Å². The molecule has 2 rings (SSSR count). The molecule has 2 aliphatic rings. The fourth-order valence-electron chi connectivity index (χ4n) is 3.63. The molecule has 1 aliphatic carbocycles. The smallest absolute Gasteiger partial charge is 0.0631 e. The summed E-state index contributed by atoms with van der Waals surface area (Å²) < 4.78 is 0. The van der Waals surface area contributed by atoms with E-state index < -0.39 is 0 Å². The maximum atomic E-state index is 4.80. The Bertz CT molecular complexity index is 316. The standard InChI is InChI=1S/C20H36N2.ClH/c1-2-4-8-12-16-19(15-11-7-3-1)20-17-13-9-5-6-10-14-18-21-22-20;/h15,21H,1-14,16-18H2;1H. The molecule has 0 unspecified atom stereocenters. The molecule has 1 aliphatic heterocycles. The molecule has 0 spiro atoms. The Kier molecular flexibility index (Phi) is 12.4. The largest absolute Gasteiger partial charge is 0.310 e. The molecule has 1 N–H and O–H groups in total. The van der Waals surface area contributed by atoms with E-state index in [2.05, 4.69) is 11.5 Å². The van der Waals surface area contributed by atoms with Crippen molar-refractivity contribution in [2.24, 2.45) is 5.10 Å². The van der Waals surface area contributed by atoms with Gasteiger partial charge in [-0.25, -0.2) is 0 Å². The Balaban J connectivity index is 0.00000264. The van der Waals surface area contributed by atoms with Crippen LogP contribution in [0.3, 0.4) is 0 Å². The van der Waals surface area contributed by atoms with E-state index in [0.717, 1.165) is 6.54 Å². The molecule has 0 saturated heterocycles. The van der Waals surface area contributed by atoms with Crippen LogP contribution in [0.5, 0.6) is 0 Å². The van der Waals surface area contributed by atoms with Gasteiger partial charge in [-0.3, -0.25) is 0 Å². The number of halogens is 1. The second kappa shape index (κ2) is 13.9. The van der Waals surface area contributed by atoms with Crippen LogP contribution in [0.4, 0.5) is 0 Å². The van der Waals surface area contributed by atoms with Gasteiger partial charge in [0.05, 0.1) is 5.71 Å². The molecule has 0 aromatic carbocycles. The van der Waals surface area contributed by atoms with Crippen LogP contribution in [0, 0.1) is 0 Å². The van der Waals surface area contributed by atoms with Gasteiger partial charge in [0.2, 0.25) is 0 Å². The molecule has 3 heteroatoms. The number of hydrogen-bond acceptors (Lipinski definition) is 2. The summed E-state index contributed by atoms with van der Waals surface area (Å²) in [5.74, 6) is 0. The Morgan fingerprint density at radius 2 is 1.22 bits per heavy atom. The van der Waals surface area contributed by atoms with Gasteiger partial charge < -0.3 is 5.43 Å². The van der Waals surface area contributed by atoms with Crippen molar-refractivity contribution in [1.29, 1.82) is 0 Å². The van der Waals surface area contributed by atoms with Gasteiger partial charge in [0.1, 0.15) is 0 Å². The average molecular weight is 341 g/mol. The molecule has 0 saturated carbocycles. The summed E-state index contributed by atoms with van der Waals surface area (Å²) in [6.45, 7) is 1.05. The molecule has 1 heterocycles. The van der Waals surface area contributed by atoms with Crippen LogP contribution < -0.4 is 5.43 Å². The lowest BCUT2D eigenvalue weighted by Gasteiger charge is -2.12. The van der Waals surface area contributed by atoms with Gasteiger partial charge in [-0.1, -0.05) is 63.9 Å². The molecule has 0 bridgehead atoms. The summed E-state index contributed by atoms with van der Waals surface area (Å²) in [4.78, 5) is 0. The maximum Gasteiger partial charge on any atom is 0.0631 e. The van der Waals surface area contributed by atoms with Crippen LogP contribution in [0.25, 0.3) is 0 Å². The highest BCUT2D eigenvalue weighted by atomic mass is 35.5. The molecule has 0 atom stereocenters. The number of allylic oxidation sites excluding steroid dienone is 2. The third-order valence-corrected chi connectivity index (χ3v) is 5.08. The predicted octanol–water partition coefficient (Wildman–Crippen LogP) is 6.55. The van der Waals surface area contributed by atoms with Crippen molar-refractivity contribution in [3.05, 3.63) is 11.6 Å². The summed E-state index contributed by atoms with van der Waals surface area (Å²) in [5, 5.41) is 4.80. The number of hydrazone groups is 1. The van der Waals surface area contributed by atoms with Crippen LogP contribution in [-0.4, -0.2) is 12.3 Å². The topological polar surface area (TPSA) is 24.4 Å². The first-order chi connectivity index (χ1) is 11.0. The molecule has 134 valence electrons. The summed E-state index contributed by atoms with van der Waals surface area (Å²) in [7, 11) is 0. The van der Waals surface area contributed by atoms with Gasteiger partial charge in [-0.2, -0.15) is 5.10 Å². The van der Waals surface area contributed by atoms with E-state index in [1.54, 1.807) is 5.57 Å². The van der Waals surface area contributed by atoms with E-state index in [1.807, 2.05) is 0 Å². The predicted molar refractivity (Wildman–Crippen MR) is 105 cm³/mol. The van der Waals surface area contributed by atoms with E-state index in [9.17, 15) is 0 Å². The van der Waals surface area contributed by atoms with Gasteiger partial charge in [0.15, 0.2) is 0 Å².